The molecule has 2 rings (SSSR count). The highest BCUT2D eigenvalue weighted by Crippen LogP contribution is 2.21. The second-order valence-corrected chi connectivity index (χ2v) is 5.13. The molecule has 0 aliphatic carbocycles. The summed E-state index contributed by atoms with van der Waals surface area (Å²) in [7, 11) is 0. The number of carboxylic acids is 1. The molecule has 1 aliphatic rings. The number of piperidine rings is 1. The third-order valence-corrected chi connectivity index (χ3v) is 3.64. The van der Waals surface area contributed by atoms with Gasteiger partial charge in [0.1, 0.15) is 6.33 Å². The average molecular weight is 292 g/mol. The van der Waals surface area contributed by atoms with Crippen molar-refractivity contribution in [1.82, 2.24) is 20.2 Å². The van der Waals surface area contributed by atoms with Gasteiger partial charge >= 0.3 is 12.0 Å². The van der Waals surface area contributed by atoms with E-state index in [0.717, 1.165) is 25.0 Å². The van der Waals surface area contributed by atoms with E-state index in [4.69, 9.17) is 5.11 Å². The lowest BCUT2D eigenvalue weighted by Crippen LogP contribution is -2.48. The zero-order valence-electron chi connectivity index (χ0n) is 11.9. The van der Waals surface area contributed by atoms with E-state index in [1.165, 1.54) is 6.33 Å². The fourth-order valence-electron chi connectivity index (χ4n) is 2.55. The lowest BCUT2D eigenvalue weighted by Gasteiger charge is -2.35. The van der Waals surface area contributed by atoms with Crippen molar-refractivity contribution in [3.63, 3.8) is 0 Å². The number of likely N-dealkylation sites (tertiary alicyclic amines) is 1. The van der Waals surface area contributed by atoms with Crippen molar-refractivity contribution in [2.24, 2.45) is 0 Å². The molecule has 0 radical (unpaired) electrons. The Kier molecular flexibility index (Phi) is 5.48. The molecule has 7 heteroatoms. The van der Waals surface area contributed by atoms with Gasteiger partial charge < -0.3 is 15.3 Å². The lowest BCUT2D eigenvalue weighted by atomic mass is 9.98. The van der Waals surface area contributed by atoms with Gasteiger partial charge in [-0.3, -0.25) is 4.79 Å². The molecule has 1 saturated heterocycles. The molecule has 1 unspecified atom stereocenters. The van der Waals surface area contributed by atoms with Crippen LogP contribution in [0.2, 0.25) is 0 Å². The van der Waals surface area contributed by atoms with E-state index in [1.54, 1.807) is 17.2 Å². The highest BCUT2D eigenvalue weighted by molar-refractivity contribution is 5.74. The van der Waals surface area contributed by atoms with Crippen LogP contribution in [0, 0.1) is 0 Å². The summed E-state index contributed by atoms with van der Waals surface area (Å²) in [5.74, 6) is -0.818. The van der Waals surface area contributed by atoms with Gasteiger partial charge in [0.05, 0.1) is 12.2 Å². The number of rotatable bonds is 5. The summed E-state index contributed by atoms with van der Waals surface area (Å²) in [5, 5.41) is 11.6. The molecule has 1 aromatic heterocycles. The number of amides is 2. The van der Waals surface area contributed by atoms with Crippen LogP contribution in [0.5, 0.6) is 0 Å². The summed E-state index contributed by atoms with van der Waals surface area (Å²) in [6.45, 7) is 1.03. The van der Waals surface area contributed by atoms with Crippen LogP contribution in [0.25, 0.3) is 0 Å². The molecule has 1 aliphatic heterocycles. The zero-order valence-corrected chi connectivity index (χ0v) is 11.9. The molecule has 1 fully saturated rings. The Morgan fingerprint density at radius 3 is 3.00 bits per heavy atom. The number of aromatic nitrogens is 2. The van der Waals surface area contributed by atoms with Crippen LogP contribution in [0.3, 0.4) is 0 Å². The monoisotopic (exact) mass is 292 g/mol. The number of hydrogen-bond donors (Lipinski definition) is 2. The Hall–Kier alpha value is -2.18. The smallest absolute Gasteiger partial charge is 0.317 e. The van der Waals surface area contributed by atoms with Crippen LogP contribution in [0.15, 0.2) is 18.6 Å². The molecule has 1 aromatic rings. The number of urea groups is 1. The maximum Gasteiger partial charge on any atom is 0.317 e. The van der Waals surface area contributed by atoms with E-state index in [9.17, 15) is 9.59 Å². The van der Waals surface area contributed by atoms with Crippen molar-refractivity contribution in [3.8, 4) is 0 Å². The van der Waals surface area contributed by atoms with Gasteiger partial charge in [0.2, 0.25) is 0 Å². The maximum absolute atomic E-state index is 12.3. The van der Waals surface area contributed by atoms with Gasteiger partial charge in [0, 0.05) is 25.2 Å². The Labute approximate surface area is 123 Å². The predicted octanol–water partition coefficient (Wildman–Crippen LogP) is 1.41. The third kappa shape index (κ3) is 4.70. The first-order valence-corrected chi connectivity index (χ1v) is 7.18. The molecule has 0 saturated carbocycles. The summed E-state index contributed by atoms with van der Waals surface area (Å²) >= 11 is 0. The molecule has 114 valence electrons. The topological polar surface area (TPSA) is 95.4 Å². The first-order valence-electron chi connectivity index (χ1n) is 7.18. The average Bonchev–Trinajstić information content (AvgIpc) is 2.52. The van der Waals surface area contributed by atoms with Crippen LogP contribution in [0.1, 0.15) is 37.8 Å². The van der Waals surface area contributed by atoms with Crippen LogP contribution in [0.4, 0.5) is 4.79 Å². The summed E-state index contributed by atoms with van der Waals surface area (Å²) in [5.41, 5.74) is 0.748. The lowest BCUT2D eigenvalue weighted by molar-refractivity contribution is -0.137. The second kappa shape index (κ2) is 7.56. The fourth-order valence-corrected chi connectivity index (χ4v) is 2.55. The zero-order chi connectivity index (χ0) is 15.1. The summed E-state index contributed by atoms with van der Waals surface area (Å²) in [4.78, 5) is 32.6. The van der Waals surface area contributed by atoms with Gasteiger partial charge in [-0.05, 0) is 31.7 Å². The van der Waals surface area contributed by atoms with E-state index in [2.05, 4.69) is 15.3 Å². The molecule has 7 nitrogen and oxygen atoms in total. The van der Waals surface area contributed by atoms with E-state index >= 15 is 0 Å². The Bertz CT molecular complexity index is 480. The Morgan fingerprint density at radius 1 is 1.43 bits per heavy atom. The maximum atomic E-state index is 12.3. The third-order valence-electron chi connectivity index (χ3n) is 3.64. The van der Waals surface area contributed by atoms with E-state index < -0.39 is 5.97 Å². The van der Waals surface area contributed by atoms with Crippen molar-refractivity contribution >= 4 is 12.0 Å². The first-order chi connectivity index (χ1) is 10.2. The molecule has 2 N–H and O–H groups in total. The van der Waals surface area contributed by atoms with Crippen LogP contribution in [-0.4, -0.2) is 44.6 Å². The van der Waals surface area contributed by atoms with Crippen LogP contribution < -0.4 is 5.32 Å². The number of nitrogens with one attached hydrogen (secondary N) is 1. The quantitative estimate of drug-likeness (QED) is 0.855. The highest BCUT2D eigenvalue weighted by Gasteiger charge is 2.26. The molecule has 0 aromatic carbocycles. The van der Waals surface area contributed by atoms with Crippen molar-refractivity contribution in [1.29, 1.82) is 0 Å². The standard InChI is InChI=1S/C14H20N4O3/c19-13(20)5-4-12-3-1-2-8-18(12)14(21)16-9-11-6-7-15-10-17-11/h6-7,10,12H,1-5,8-9H2,(H,16,21)(H,19,20). The number of carbonyl (C=O) groups is 2. The number of aliphatic carboxylic acids is 1. The molecule has 1 atom stereocenters. The number of hydrogen-bond acceptors (Lipinski definition) is 4. The van der Waals surface area contributed by atoms with Gasteiger partial charge in [-0.25, -0.2) is 14.8 Å². The van der Waals surface area contributed by atoms with Crippen molar-refractivity contribution in [2.75, 3.05) is 6.54 Å². The van der Waals surface area contributed by atoms with E-state index in [-0.39, 0.29) is 18.5 Å². The molecular formula is C14H20N4O3. The minimum atomic E-state index is -0.818. The molecule has 0 spiro atoms. The predicted molar refractivity (Wildman–Crippen MR) is 75.5 cm³/mol. The highest BCUT2D eigenvalue weighted by atomic mass is 16.4. The van der Waals surface area contributed by atoms with Crippen LogP contribution >= 0.6 is 0 Å². The van der Waals surface area contributed by atoms with Crippen molar-refractivity contribution in [2.45, 2.75) is 44.7 Å². The van der Waals surface area contributed by atoms with Gasteiger partial charge in [0.15, 0.2) is 0 Å². The van der Waals surface area contributed by atoms with Crippen LogP contribution in [-0.2, 0) is 11.3 Å². The summed E-state index contributed by atoms with van der Waals surface area (Å²) in [6.07, 6.45) is 6.55. The molecular weight excluding hydrogens is 272 g/mol. The normalized spacial score (nSPS) is 18.3. The number of carboxylic acid groups (broad SMARTS) is 1. The second-order valence-electron chi connectivity index (χ2n) is 5.13. The summed E-state index contributed by atoms with van der Waals surface area (Å²) in [6, 6.07) is 1.61. The van der Waals surface area contributed by atoms with Crippen molar-refractivity contribution in [3.05, 3.63) is 24.3 Å². The number of carbonyl (C=O) groups excluding carboxylic acids is 1. The van der Waals surface area contributed by atoms with Gasteiger partial charge in [0.25, 0.3) is 0 Å². The molecule has 2 heterocycles. The minimum Gasteiger partial charge on any atom is -0.481 e. The van der Waals surface area contributed by atoms with Gasteiger partial charge in [-0.2, -0.15) is 0 Å². The van der Waals surface area contributed by atoms with Crippen molar-refractivity contribution < 1.29 is 14.7 Å². The largest absolute Gasteiger partial charge is 0.481 e. The SMILES string of the molecule is O=C(O)CCC1CCCCN1C(=O)NCc1ccncn1. The fraction of sp³-hybridized carbons (Fsp3) is 0.571. The Morgan fingerprint density at radius 2 is 2.29 bits per heavy atom. The molecule has 2 amide bonds. The molecule has 21 heavy (non-hydrogen) atoms. The van der Waals surface area contributed by atoms with E-state index in [1.807, 2.05) is 0 Å². The first kappa shape index (κ1) is 15.2. The Balaban J connectivity index is 1.87. The van der Waals surface area contributed by atoms with E-state index in [0.29, 0.717) is 19.5 Å². The van der Waals surface area contributed by atoms with Gasteiger partial charge in [-0.15, -0.1) is 0 Å². The summed E-state index contributed by atoms with van der Waals surface area (Å²) < 4.78 is 0. The van der Waals surface area contributed by atoms with Gasteiger partial charge in [-0.1, -0.05) is 0 Å². The minimum absolute atomic E-state index is 0.0141. The molecule has 0 bridgehead atoms. The number of nitrogens with zero attached hydrogens (tertiary/aromatic N) is 3.